The number of nitrogens with two attached hydrogens (primary N) is 1. The van der Waals surface area contributed by atoms with Gasteiger partial charge in [0.1, 0.15) is 18.0 Å². The molecule has 2 aromatic rings. The van der Waals surface area contributed by atoms with Crippen LogP contribution >= 0.6 is 0 Å². The van der Waals surface area contributed by atoms with Crippen LogP contribution in [0.2, 0.25) is 0 Å². The molecule has 1 atom stereocenters. The summed E-state index contributed by atoms with van der Waals surface area (Å²) < 4.78 is 0. The van der Waals surface area contributed by atoms with E-state index in [0.29, 0.717) is 23.7 Å². The highest BCUT2D eigenvalue weighted by atomic mass is 15.1. The summed E-state index contributed by atoms with van der Waals surface area (Å²) >= 11 is 0. The molecule has 0 aliphatic carbocycles. The lowest BCUT2D eigenvalue weighted by Crippen LogP contribution is -2.25. The fraction of sp³-hybridized carbons (Fsp3) is 0.214. The third-order valence-electron chi connectivity index (χ3n) is 2.70. The summed E-state index contributed by atoms with van der Waals surface area (Å²) in [6, 6.07) is 11.2. The molecule has 20 heavy (non-hydrogen) atoms. The zero-order valence-electron chi connectivity index (χ0n) is 11.2. The van der Waals surface area contributed by atoms with E-state index in [1.165, 1.54) is 6.33 Å². The van der Waals surface area contributed by atoms with Crippen LogP contribution in [0.4, 0.5) is 17.3 Å². The standard InChI is InChI=1S/C14H16N6/c1-10(7-15)19-13-6-14(18-9-17-13)20-12-4-2-11(8-16)3-5-12/h2-6,9-10H,7,15H2,1H3,(H2,17,18,19,20). The first-order valence-electron chi connectivity index (χ1n) is 6.27. The average molecular weight is 268 g/mol. The average Bonchev–Trinajstić information content (AvgIpc) is 2.48. The summed E-state index contributed by atoms with van der Waals surface area (Å²) in [4.78, 5) is 8.29. The van der Waals surface area contributed by atoms with Crippen LogP contribution in [-0.2, 0) is 0 Å². The maximum atomic E-state index is 8.75. The molecule has 0 radical (unpaired) electrons. The van der Waals surface area contributed by atoms with Crippen molar-refractivity contribution in [1.82, 2.24) is 9.97 Å². The van der Waals surface area contributed by atoms with Crippen molar-refractivity contribution < 1.29 is 0 Å². The number of anilines is 3. The van der Waals surface area contributed by atoms with E-state index in [4.69, 9.17) is 11.0 Å². The molecule has 1 aromatic heterocycles. The minimum Gasteiger partial charge on any atom is -0.366 e. The lowest BCUT2D eigenvalue weighted by molar-refractivity contribution is 0.797. The molecule has 0 saturated heterocycles. The molecular weight excluding hydrogens is 252 g/mol. The van der Waals surface area contributed by atoms with Crippen molar-refractivity contribution in [1.29, 1.82) is 5.26 Å². The van der Waals surface area contributed by atoms with Crippen LogP contribution in [0.15, 0.2) is 36.7 Å². The summed E-state index contributed by atoms with van der Waals surface area (Å²) in [6.07, 6.45) is 1.48. The maximum absolute atomic E-state index is 8.75. The number of rotatable bonds is 5. The van der Waals surface area contributed by atoms with E-state index in [2.05, 4.69) is 26.7 Å². The molecule has 1 unspecified atom stereocenters. The molecule has 0 aliphatic rings. The van der Waals surface area contributed by atoms with Gasteiger partial charge in [-0.3, -0.25) is 0 Å². The minimum atomic E-state index is 0.146. The number of hydrogen-bond donors (Lipinski definition) is 3. The van der Waals surface area contributed by atoms with Gasteiger partial charge in [0, 0.05) is 24.3 Å². The normalized spacial score (nSPS) is 11.4. The molecule has 0 fully saturated rings. The fourth-order valence-corrected chi connectivity index (χ4v) is 1.59. The van der Waals surface area contributed by atoms with Crippen LogP contribution in [0.1, 0.15) is 12.5 Å². The van der Waals surface area contributed by atoms with Crippen LogP contribution in [-0.4, -0.2) is 22.6 Å². The molecule has 0 bridgehead atoms. The number of nitriles is 1. The SMILES string of the molecule is CC(CN)Nc1cc(Nc2ccc(C#N)cc2)ncn1. The van der Waals surface area contributed by atoms with E-state index in [9.17, 15) is 0 Å². The van der Waals surface area contributed by atoms with Gasteiger partial charge in [0.15, 0.2) is 0 Å². The molecule has 4 N–H and O–H groups in total. The Morgan fingerprint density at radius 2 is 1.95 bits per heavy atom. The van der Waals surface area contributed by atoms with Crippen LogP contribution in [0, 0.1) is 11.3 Å². The predicted molar refractivity (Wildman–Crippen MR) is 78.6 cm³/mol. The van der Waals surface area contributed by atoms with Gasteiger partial charge in [0.25, 0.3) is 0 Å². The van der Waals surface area contributed by atoms with Gasteiger partial charge in [-0.2, -0.15) is 5.26 Å². The smallest absolute Gasteiger partial charge is 0.135 e. The summed E-state index contributed by atoms with van der Waals surface area (Å²) in [5, 5.41) is 15.1. The number of nitrogens with zero attached hydrogens (tertiary/aromatic N) is 3. The van der Waals surface area contributed by atoms with Gasteiger partial charge in [-0.25, -0.2) is 9.97 Å². The zero-order chi connectivity index (χ0) is 14.4. The third-order valence-corrected chi connectivity index (χ3v) is 2.70. The quantitative estimate of drug-likeness (QED) is 0.765. The molecule has 6 heteroatoms. The van der Waals surface area contributed by atoms with Crippen molar-refractivity contribution in [3.8, 4) is 6.07 Å². The van der Waals surface area contributed by atoms with Gasteiger partial charge < -0.3 is 16.4 Å². The number of aromatic nitrogens is 2. The second kappa shape index (κ2) is 6.50. The van der Waals surface area contributed by atoms with Gasteiger partial charge in [0.2, 0.25) is 0 Å². The highest BCUT2D eigenvalue weighted by molar-refractivity contribution is 5.59. The molecule has 0 amide bonds. The van der Waals surface area contributed by atoms with Crippen LogP contribution in [0.5, 0.6) is 0 Å². The van der Waals surface area contributed by atoms with Gasteiger partial charge in [-0.1, -0.05) is 0 Å². The summed E-state index contributed by atoms with van der Waals surface area (Å²) in [5.41, 5.74) is 7.05. The van der Waals surface area contributed by atoms with Crippen LogP contribution in [0.25, 0.3) is 0 Å². The van der Waals surface area contributed by atoms with Crippen LogP contribution < -0.4 is 16.4 Å². The van der Waals surface area contributed by atoms with E-state index < -0.39 is 0 Å². The van der Waals surface area contributed by atoms with Crippen molar-refractivity contribution in [3.63, 3.8) is 0 Å². The van der Waals surface area contributed by atoms with E-state index in [1.807, 2.05) is 25.1 Å². The maximum Gasteiger partial charge on any atom is 0.135 e. The molecule has 2 rings (SSSR count). The highest BCUT2D eigenvalue weighted by Gasteiger charge is 2.03. The highest BCUT2D eigenvalue weighted by Crippen LogP contribution is 2.17. The van der Waals surface area contributed by atoms with Crippen molar-refractivity contribution in [2.45, 2.75) is 13.0 Å². The molecule has 102 valence electrons. The Morgan fingerprint density at radius 1 is 1.25 bits per heavy atom. The summed E-state index contributed by atoms with van der Waals surface area (Å²) in [7, 11) is 0. The summed E-state index contributed by atoms with van der Waals surface area (Å²) in [5.74, 6) is 1.39. The first-order valence-corrected chi connectivity index (χ1v) is 6.27. The van der Waals surface area contributed by atoms with Crippen molar-refractivity contribution in [2.24, 2.45) is 5.73 Å². The molecule has 1 heterocycles. The minimum absolute atomic E-state index is 0.146. The second-order valence-corrected chi connectivity index (χ2v) is 4.38. The zero-order valence-corrected chi connectivity index (χ0v) is 11.2. The number of benzene rings is 1. The molecular formula is C14H16N6. The van der Waals surface area contributed by atoms with E-state index in [1.54, 1.807) is 12.1 Å². The summed E-state index contributed by atoms with van der Waals surface area (Å²) in [6.45, 7) is 2.51. The monoisotopic (exact) mass is 268 g/mol. The van der Waals surface area contributed by atoms with E-state index in [0.717, 1.165) is 5.69 Å². The van der Waals surface area contributed by atoms with Crippen LogP contribution in [0.3, 0.4) is 0 Å². The number of hydrogen-bond acceptors (Lipinski definition) is 6. The second-order valence-electron chi connectivity index (χ2n) is 4.38. The van der Waals surface area contributed by atoms with Crippen molar-refractivity contribution in [2.75, 3.05) is 17.2 Å². The third kappa shape index (κ3) is 3.67. The van der Waals surface area contributed by atoms with Crippen molar-refractivity contribution >= 4 is 17.3 Å². The molecule has 0 spiro atoms. The number of nitrogens with one attached hydrogen (secondary N) is 2. The molecule has 0 aliphatic heterocycles. The largest absolute Gasteiger partial charge is 0.366 e. The van der Waals surface area contributed by atoms with Gasteiger partial charge in [0.05, 0.1) is 11.6 Å². The van der Waals surface area contributed by atoms with Gasteiger partial charge >= 0.3 is 0 Å². The first-order chi connectivity index (χ1) is 9.71. The Hall–Kier alpha value is -2.65. The molecule has 0 saturated carbocycles. The Morgan fingerprint density at radius 3 is 2.60 bits per heavy atom. The molecule has 1 aromatic carbocycles. The van der Waals surface area contributed by atoms with Gasteiger partial charge in [-0.05, 0) is 31.2 Å². The van der Waals surface area contributed by atoms with Gasteiger partial charge in [-0.15, -0.1) is 0 Å². The molecule has 6 nitrogen and oxygen atoms in total. The Bertz CT molecular complexity index is 602. The van der Waals surface area contributed by atoms with E-state index >= 15 is 0 Å². The Kier molecular flexibility index (Phi) is 4.47. The lowest BCUT2D eigenvalue weighted by atomic mass is 10.2. The lowest BCUT2D eigenvalue weighted by Gasteiger charge is -2.12. The van der Waals surface area contributed by atoms with E-state index in [-0.39, 0.29) is 6.04 Å². The Labute approximate surface area is 117 Å². The first kappa shape index (κ1) is 13.8. The van der Waals surface area contributed by atoms with Crippen molar-refractivity contribution in [3.05, 3.63) is 42.2 Å². The topological polar surface area (TPSA) is 99.7 Å². The predicted octanol–water partition coefficient (Wildman–Crippen LogP) is 1.85. The fourth-order valence-electron chi connectivity index (χ4n) is 1.59. The Balaban J connectivity index is 2.09.